The SMILES string of the molecule is CCOC(=O)B(Cl)c1ccccc1.O.O. The van der Waals surface area contributed by atoms with Crippen LogP contribution >= 0.6 is 11.5 Å². The Morgan fingerprint density at radius 1 is 1.33 bits per heavy atom. The van der Waals surface area contributed by atoms with E-state index in [2.05, 4.69) is 0 Å². The van der Waals surface area contributed by atoms with Crippen LogP contribution in [-0.2, 0) is 4.74 Å². The molecule has 0 aliphatic rings. The van der Waals surface area contributed by atoms with Crippen molar-refractivity contribution in [2.45, 2.75) is 6.92 Å². The van der Waals surface area contributed by atoms with Gasteiger partial charge in [-0.2, -0.15) is 11.5 Å². The quantitative estimate of drug-likeness (QED) is 0.697. The predicted octanol–water partition coefficient (Wildman–Crippen LogP) is 0.213. The van der Waals surface area contributed by atoms with Crippen LogP contribution in [0.2, 0.25) is 0 Å². The van der Waals surface area contributed by atoms with Crippen molar-refractivity contribution < 1.29 is 20.5 Å². The van der Waals surface area contributed by atoms with Gasteiger partial charge in [0, 0.05) is 0 Å². The molecule has 0 amide bonds. The van der Waals surface area contributed by atoms with Crippen LogP contribution in [0.1, 0.15) is 6.92 Å². The molecule has 1 rings (SSSR count). The van der Waals surface area contributed by atoms with Crippen molar-refractivity contribution in [2.75, 3.05) is 6.61 Å². The van der Waals surface area contributed by atoms with E-state index in [9.17, 15) is 4.79 Å². The van der Waals surface area contributed by atoms with E-state index >= 15 is 0 Å². The minimum atomic E-state index is -0.693. The Bertz CT molecular complexity index is 281. The zero-order valence-electron chi connectivity index (χ0n) is 8.37. The van der Waals surface area contributed by atoms with Gasteiger partial charge in [0.15, 0.2) is 0 Å². The largest absolute Gasteiger partial charge is 0.472 e. The highest BCUT2D eigenvalue weighted by atomic mass is 35.5. The number of carbonyl (C=O) groups excluding carboxylic acids is 1. The van der Waals surface area contributed by atoms with Crippen molar-refractivity contribution in [2.24, 2.45) is 0 Å². The fraction of sp³-hybridized carbons (Fsp3) is 0.222. The van der Waals surface area contributed by atoms with Crippen LogP contribution in [0.4, 0.5) is 4.79 Å². The van der Waals surface area contributed by atoms with Crippen molar-refractivity contribution >= 4 is 28.9 Å². The van der Waals surface area contributed by atoms with Crippen LogP contribution in [0.5, 0.6) is 0 Å². The van der Waals surface area contributed by atoms with Gasteiger partial charge in [0.1, 0.15) is 0 Å². The van der Waals surface area contributed by atoms with E-state index in [0.29, 0.717) is 6.61 Å². The van der Waals surface area contributed by atoms with Gasteiger partial charge in [0.25, 0.3) is 5.87 Å². The van der Waals surface area contributed by atoms with E-state index < -0.39 is 12.0 Å². The highest BCUT2D eigenvalue weighted by molar-refractivity contribution is 7.29. The van der Waals surface area contributed by atoms with E-state index in [4.69, 9.17) is 16.2 Å². The molecule has 6 heteroatoms. The molecule has 0 spiro atoms. The summed E-state index contributed by atoms with van der Waals surface area (Å²) in [6, 6.07) is 9.15. The van der Waals surface area contributed by atoms with E-state index in [0.717, 1.165) is 5.46 Å². The van der Waals surface area contributed by atoms with Crippen LogP contribution < -0.4 is 5.46 Å². The molecule has 0 saturated carbocycles. The number of hydrogen-bond acceptors (Lipinski definition) is 2. The lowest BCUT2D eigenvalue weighted by molar-refractivity contribution is 0.179. The van der Waals surface area contributed by atoms with Crippen molar-refractivity contribution in [3.8, 4) is 0 Å². The molecule has 4 nitrogen and oxygen atoms in total. The van der Waals surface area contributed by atoms with Gasteiger partial charge in [0.05, 0.1) is 6.61 Å². The summed E-state index contributed by atoms with van der Waals surface area (Å²) in [7, 11) is 0. The molecule has 0 bridgehead atoms. The summed E-state index contributed by atoms with van der Waals surface area (Å²) in [6.07, 6.45) is -0.693. The molecule has 0 fully saturated rings. The molecule has 1 aromatic rings. The number of ether oxygens (including phenoxy) is 1. The number of benzene rings is 1. The van der Waals surface area contributed by atoms with Gasteiger partial charge in [0.2, 0.25) is 0 Å². The van der Waals surface area contributed by atoms with E-state index in [-0.39, 0.29) is 11.0 Å². The van der Waals surface area contributed by atoms with Gasteiger partial charge in [-0.3, -0.25) is 4.79 Å². The summed E-state index contributed by atoms with van der Waals surface area (Å²) >= 11 is 5.86. The van der Waals surface area contributed by atoms with Gasteiger partial charge in [-0.05, 0) is 6.92 Å². The lowest BCUT2D eigenvalue weighted by Crippen LogP contribution is -2.34. The highest BCUT2D eigenvalue weighted by Crippen LogP contribution is 1.97. The first-order chi connectivity index (χ1) is 6.25. The minimum Gasteiger partial charge on any atom is -0.472 e. The van der Waals surface area contributed by atoms with Gasteiger partial charge >= 0.3 is 6.13 Å². The van der Waals surface area contributed by atoms with Crippen molar-refractivity contribution in [3.05, 3.63) is 30.3 Å². The first-order valence-electron chi connectivity index (χ1n) is 4.11. The second-order valence-corrected chi connectivity index (χ2v) is 2.96. The normalized spacial score (nSPS) is 8.13. The Hall–Kier alpha value is -1.04. The van der Waals surface area contributed by atoms with Crippen LogP contribution in [-0.4, -0.2) is 29.6 Å². The molecule has 4 N–H and O–H groups in total. The molecule has 0 saturated heterocycles. The monoisotopic (exact) mass is 232 g/mol. The number of carbonyl (C=O) groups is 1. The zero-order chi connectivity index (χ0) is 9.68. The smallest absolute Gasteiger partial charge is 0.411 e. The molecule has 84 valence electrons. The third-order valence-electron chi connectivity index (χ3n) is 1.59. The van der Waals surface area contributed by atoms with E-state index in [1.165, 1.54) is 0 Å². The fourth-order valence-electron chi connectivity index (χ4n) is 0.974. The molecule has 0 unspecified atom stereocenters. The minimum absolute atomic E-state index is 0. The number of halogens is 1. The maximum atomic E-state index is 11.2. The average Bonchev–Trinajstić information content (AvgIpc) is 2.18. The summed E-state index contributed by atoms with van der Waals surface area (Å²) in [5.41, 5.74) is 0.766. The van der Waals surface area contributed by atoms with Crippen LogP contribution in [0, 0.1) is 0 Å². The molecule has 0 aromatic heterocycles. The molecule has 1 aromatic carbocycles. The van der Waals surface area contributed by atoms with Crippen LogP contribution in [0.15, 0.2) is 30.3 Å². The maximum Gasteiger partial charge on any atom is 0.411 e. The Balaban J connectivity index is 0. The van der Waals surface area contributed by atoms with Crippen LogP contribution in [0.3, 0.4) is 0 Å². The van der Waals surface area contributed by atoms with Crippen LogP contribution in [0.25, 0.3) is 0 Å². The molecule has 0 aliphatic carbocycles. The maximum absolute atomic E-state index is 11.2. The Morgan fingerprint density at radius 2 is 1.87 bits per heavy atom. The molecular weight excluding hydrogens is 218 g/mol. The third-order valence-corrected chi connectivity index (χ3v) is 2.02. The summed E-state index contributed by atoms with van der Waals surface area (Å²) in [5.74, 6) is -0.393. The molecule has 0 aliphatic heterocycles. The molecule has 0 atom stereocenters. The van der Waals surface area contributed by atoms with Gasteiger partial charge in [-0.25, -0.2) is 0 Å². The molecule has 15 heavy (non-hydrogen) atoms. The van der Waals surface area contributed by atoms with E-state index in [1.807, 2.05) is 18.2 Å². The lowest BCUT2D eigenvalue weighted by atomic mass is 9.68. The second kappa shape index (κ2) is 8.29. The summed E-state index contributed by atoms with van der Waals surface area (Å²) < 4.78 is 4.79. The van der Waals surface area contributed by atoms with E-state index in [1.54, 1.807) is 19.1 Å². The standard InChI is InChI=1S/C9H10BClO2.2H2O/c1-2-13-9(12)10(11)8-6-4-3-5-7-8;;/h3-7H,2H2,1H3;2*1H2. The lowest BCUT2D eigenvalue weighted by Gasteiger charge is -2.04. The Morgan fingerprint density at radius 3 is 2.33 bits per heavy atom. The highest BCUT2D eigenvalue weighted by Gasteiger charge is 2.24. The predicted molar refractivity (Wildman–Crippen MR) is 61.9 cm³/mol. The first kappa shape index (κ1) is 16.4. The van der Waals surface area contributed by atoms with Crippen molar-refractivity contribution in [1.29, 1.82) is 0 Å². The summed E-state index contributed by atoms with van der Waals surface area (Å²) in [4.78, 5) is 11.2. The summed E-state index contributed by atoms with van der Waals surface area (Å²) in [6.45, 7) is 2.11. The van der Waals surface area contributed by atoms with Gasteiger partial charge in [-0.1, -0.05) is 35.8 Å². The average molecular weight is 232 g/mol. The Labute approximate surface area is 93.8 Å². The number of rotatable bonds is 3. The number of hydrogen-bond donors (Lipinski definition) is 0. The van der Waals surface area contributed by atoms with Crippen molar-refractivity contribution in [1.82, 2.24) is 0 Å². The topological polar surface area (TPSA) is 89.3 Å². The molecule has 0 heterocycles. The van der Waals surface area contributed by atoms with Crippen molar-refractivity contribution in [3.63, 3.8) is 0 Å². The van der Waals surface area contributed by atoms with Gasteiger partial charge in [-0.15, -0.1) is 0 Å². The first-order valence-corrected chi connectivity index (χ1v) is 4.55. The molecular formula is C9H14BClO4. The third kappa shape index (κ3) is 4.83. The molecule has 0 radical (unpaired) electrons. The second-order valence-electron chi connectivity index (χ2n) is 2.53. The Kier molecular flexibility index (Phi) is 9.06. The fourth-order valence-corrected chi connectivity index (χ4v) is 1.18. The summed E-state index contributed by atoms with van der Waals surface area (Å²) in [5, 5.41) is 0. The van der Waals surface area contributed by atoms with Gasteiger partial charge < -0.3 is 15.7 Å². The zero-order valence-corrected chi connectivity index (χ0v) is 9.12.